The molecule has 1 aromatic rings. The molecule has 0 bridgehead atoms. The molecule has 5 heteroatoms. The summed E-state index contributed by atoms with van der Waals surface area (Å²) in [5.74, 6) is -0.170. The van der Waals surface area contributed by atoms with Gasteiger partial charge in [-0.3, -0.25) is 9.78 Å². The molecule has 0 fully saturated rings. The summed E-state index contributed by atoms with van der Waals surface area (Å²) in [5.41, 5.74) is 1.18. The zero-order valence-corrected chi connectivity index (χ0v) is 7.99. The summed E-state index contributed by atoms with van der Waals surface area (Å²) in [6.45, 7) is 0.426. The smallest absolute Gasteiger partial charge is 0.246 e. The fraction of sp³-hybridized carbons (Fsp3) is 0.333. The van der Waals surface area contributed by atoms with Crippen molar-refractivity contribution < 1.29 is 9.53 Å². The molecule has 0 aromatic carbocycles. The minimum atomic E-state index is -0.170. The highest BCUT2D eigenvalue weighted by Gasteiger charge is 2.00. The second kappa shape index (κ2) is 5.39. The number of hydrogen-bond acceptors (Lipinski definition) is 3. The monoisotopic (exact) mass is 190 g/mol. The molecule has 0 saturated heterocycles. The quantitative estimate of drug-likeness (QED) is 0.628. The van der Waals surface area contributed by atoms with Gasteiger partial charge in [-0.15, -0.1) is 0 Å². The van der Waals surface area contributed by atoms with E-state index in [0.717, 1.165) is 5.69 Å². The van der Waals surface area contributed by atoms with Crippen LogP contribution in [0.2, 0.25) is 0 Å². The average Bonchev–Trinajstić information content (AvgIpc) is 2.15. The van der Waals surface area contributed by atoms with Crippen molar-refractivity contribution in [2.45, 2.75) is 6.54 Å². The largest absolute Gasteiger partial charge is 0.375 e. The number of hydrogen-bond donors (Lipinski definition) is 1. The summed E-state index contributed by atoms with van der Waals surface area (Å²) in [5, 5.41) is 2.65. The van der Waals surface area contributed by atoms with Crippen molar-refractivity contribution >= 4 is 19.3 Å². The van der Waals surface area contributed by atoms with Crippen LogP contribution in [0.25, 0.3) is 0 Å². The van der Waals surface area contributed by atoms with E-state index in [1.807, 2.05) is 0 Å². The third-order valence-electron chi connectivity index (χ3n) is 1.57. The van der Waals surface area contributed by atoms with Crippen LogP contribution in [0.5, 0.6) is 0 Å². The molecule has 0 aliphatic rings. The Balaban J connectivity index is 2.41. The third-order valence-corrected chi connectivity index (χ3v) is 1.57. The molecule has 4 nitrogen and oxygen atoms in total. The molecular weight excluding hydrogens is 179 g/mol. The Hall–Kier alpha value is -1.36. The van der Waals surface area contributed by atoms with E-state index in [1.165, 1.54) is 7.11 Å². The lowest BCUT2D eigenvalue weighted by Gasteiger charge is -2.04. The summed E-state index contributed by atoms with van der Waals surface area (Å²) in [4.78, 5) is 15.0. The van der Waals surface area contributed by atoms with Crippen LogP contribution < -0.4 is 10.9 Å². The number of carbonyl (C=O) groups excluding carboxylic acids is 1. The van der Waals surface area contributed by atoms with Gasteiger partial charge in [0.15, 0.2) is 0 Å². The van der Waals surface area contributed by atoms with Gasteiger partial charge in [-0.2, -0.15) is 0 Å². The van der Waals surface area contributed by atoms with Crippen molar-refractivity contribution in [2.75, 3.05) is 13.7 Å². The molecule has 1 rings (SSSR count). The van der Waals surface area contributed by atoms with E-state index >= 15 is 0 Å². The minimum Gasteiger partial charge on any atom is -0.375 e. The number of ether oxygens (including phenoxy) is 1. The van der Waals surface area contributed by atoms with E-state index in [1.54, 1.807) is 18.2 Å². The SMILES string of the molecule is [B]c1cccc(CNC(=O)COC)n1. The maximum atomic E-state index is 11.0. The van der Waals surface area contributed by atoms with Crippen LogP contribution in [0.4, 0.5) is 0 Å². The summed E-state index contributed by atoms with van der Waals surface area (Å²) < 4.78 is 4.66. The third kappa shape index (κ3) is 3.57. The number of methoxy groups -OCH3 is 1. The number of nitrogens with one attached hydrogen (secondary N) is 1. The van der Waals surface area contributed by atoms with Crippen molar-refractivity contribution in [3.8, 4) is 0 Å². The zero-order chi connectivity index (χ0) is 10.4. The van der Waals surface area contributed by atoms with Crippen molar-refractivity contribution in [3.05, 3.63) is 23.9 Å². The molecule has 0 unspecified atom stereocenters. The van der Waals surface area contributed by atoms with E-state index < -0.39 is 0 Å². The van der Waals surface area contributed by atoms with Crippen LogP contribution in [-0.4, -0.2) is 32.5 Å². The van der Waals surface area contributed by atoms with Gasteiger partial charge in [-0.1, -0.05) is 12.1 Å². The van der Waals surface area contributed by atoms with E-state index in [4.69, 9.17) is 7.85 Å². The first-order chi connectivity index (χ1) is 6.72. The first kappa shape index (κ1) is 10.7. The summed E-state index contributed by atoms with van der Waals surface area (Å²) in [6, 6.07) is 5.28. The number of pyridine rings is 1. The fourth-order valence-electron chi connectivity index (χ4n) is 0.968. The number of nitrogens with zero attached hydrogens (tertiary/aromatic N) is 1. The zero-order valence-electron chi connectivity index (χ0n) is 7.99. The highest BCUT2D eigenvalue weighted by Crippen LogP contribution is 1.89. The predicted molar refractivity (Wildman–Crippen MR) is 53.3 cm³/mol. The Morgan fingerprint density at radius 1 is 1.64 bits per heavy atom. The van der Waals surface area contributed by atoms with Crippen LogP contribution in [0.15, 0.2) is 18.2 Å². The number of amides is 1. The van der Waals surface area contributed by atoms with Gasteiger partial charge in [0.2, 0.25) is 5.91 Å². The van der Waals surface area contributed by atoms with Crippen LogP contribution in [0.1, 0.15) is 5.69 Å². The van der Waals surface area contributed by atoms with Gasteiger partial charge in [-0.05, 0) is 11.7 Å². The van der Waals surface area contributed by atoms with Crippen molar-refractivity contribution in [1.29, 1.82) is 0 Å². The predicted octanol–water partition coefficient (Wildman–Crippen LogP) is -0.862. The topological polar surface area (TPSA) is 51.2 Å². The van der Waals surface area contributed by atoms with Gasteiger partial charge in [0.25, 0.3) is 0 Å². The molecule has 14 heavy (non-hydrogen) atoms. The molecule has 1 heterocycles. The Kier molecular flexibility index (Phi) is 4.13. The minimum absolute atomic E-state index is 0.0579. The van der Waals surface area contributed by atoms with Crippen molar-refractivity contribution in [2.24, 2.45) is 0 Å². The van der Waals surface area contributed by atoms with Gasteiger partial charge in [-0.25, -0.2) is 0 Å². The normalized spacial score (nSPS) is 9.79. The lowest BCUT2D eigenvalue weighted by Crippen LogP contribution is -2.27. The van der Waals surface area contributed by atoms with Gasteiger partial charge < -0.3 is 10.1 Å². The molecule has 0 atom stereocenters. The van der Waals surface area contributed by atoms with Crippen molar-refractivity contribution in [3.63, 3.8) is 0 Å². The first-order valence-electron chi connectivity index (χ1n) is 4.19. The van der Waals surface area contributed by atoms with E-state index in [0.29, 0.717) is 12.1 Å². The van der Waals surface area contributed by atoms with E-state index in [-0.39, 0.29) is 12.5 Å². The second-order valence-electron chi connectivity index (χ2n) is 2.76. The van der Waals surface area contributed by atoms with Crippen LogP contribution >= 0.6 is 0 Å². The Bertz CT molecular complexity index is 317. The summed E-state index contributed by atoms with van der Waals surface area (Å²) in [7, 11) is 6.95. The highest BCUT2D eigenvalue weighted by molar-refractivity contribution is 6.30. The Morgan fingerprint density at radius 2 is 2.43 bits per heavy atom. The van der Waals surface area contributed by atoms with Crippen LogP contribution in [0, 0.1) is 0 Å². The molecule has 0 aliphatic heterocycles. The van der Waals surface area contributed by atoms with Crippen LogP contribution in [0.3, 0.4) is 0 Å². The molecular formula is C9H11BN2O2. The van der Waals surface area contributed by atoms with Gasteiger partial charge in [0, 0.05) is 7.11 Å². The maximum Gasteiger partial charge on any atom is 0.246 e. The Labute approximate surface area is 84.1 Å². The molecule has 0 spiro atoms. The molecule has 2 radical (unpaired) electrons. The molecule has 0 saturated carbocycles. The molecule has 1 amide bonds. The van der Waals surface area contributed by atoms with Gasteiger partial charge in [0.1, 0.15) is 14.5 Å². The lowest BCUT2D eigenvalue weighted by atomic mass is 10.0. The van der Waals surface area contributed by atoms with E-state index in [2.05, 4.69) is 15.0 Å². The highest BCUT2D eigenvalue weighted by atomic mass is 16.5. The average molecular weight is 190 g/mol. The standard InChI is InChI=1S/C9H11BN2O2/c1-14-6-9(13)11-5-7-3-2-4-8(10)12-7/h2-4H,5-6H2,1H3,(H,11,13). The van der Waals surface area contributed by atoms with Crippen LogP contribution in [-0.2, 0) is 16.1 Å². The van der Waals surface area contributed by atoms with E-state index in [9.17, 15) is 4.79 Å². The molecule has 1 aromatic heterocycles. The van der Waals surface area contributed by atoms with Gasteiger partial charge in [0.05, 0.1) is 12.2 Å². The maximum absolute atomic E-state index is 11.0. The summed E-state index contributed by atoms with van der Waals surface area (Å²) >= 11 is 0. The number of carbonyl (C=O) groups is 1. The Morgan fingerprint density at radius 3 is 3.07 bits per heavy atom. The van der Waals surface area contributed by atoms with Crippen molar-refractivity contribution in [1.82, 2.24) is 10.3 Å². The number of rotatable bonds is 4. The lowest BCUT2D eigenvalue weighted by molar-refractivity contribution is -0.124. The fourth-order valence-corrected chi connectivity index (χ4v) is 0.968. The number of aromatic nitrogens is 1. The molecule has 0 aliphatic carbocycles. The second-order valence-corrected chi connectivity index (χ2v) is 2.76. The molecule has 1 N–H and O–H groups in total. The molecule has 72 valence electrons. The summed E-state index contributed by atoms with van der Waals surface area (Å²) in [6.07, 6.45) is 0. The first-order valence-corrected chi connectivity index (χ1v) is 4.19. The van der Waals surface area contributed by atoms with Gasteiger partial charge >= 0.3 is 0 Å².